The first kappa shape index (κ1) is 18.2. The van der Waals surface area contributed by atoms with Gasteiger partial charge in [0, 0.05) is 50.0 Å². The number of rotatable bonds is 4. The summed E-state index contributed by atoms with van der Waals surface area (Å²) in [6.45, 7) is 5.32. The summed E-state index contributed by atoms with van der Waals surface area (Å²) in [6.07, 6.45) is 5.72. The van der Waals surface area contributed by atoms with Gasteiger partial charge in [-0.25, -0.2) is 0 Å². The maximum atomic E-state index is 12.8. The summed E-state index contributed by atoms with van der Waals surface area (Å²) in [5.74, 6) is -0.0958. The lowest BCUT2D eigenvalue weighted by molar-refractivity contribution is -0.384. The van der Waals surface area contributed by atoms with Gasteiger partial charge in [-0.15, -0.1) is 0 Å². The van der Waals surface area contributed by atoms with Crippen molar-refractivity contribution < 1.29 is 9.72 Å². The van der Waals surface area contributed by atoms with Crippen LogP contribution >= 0.6 is 0 Å². The normalized spacial score (nSPS) is 25.7. The molecular weight excluding hydrogens is 344 g/mol. The van der Waals surface area contributed by atoms with Crippen LogP contribution in [-0.2, 0) is 11.2 Å². The van der Waals surface area contributed by atoms with E-state index in [0.717, 1.165) is 30.9 Å². The van der Waals surface area contributed by atoms with E-state index in [9.17, 15) is 14.9 Å². The Morgan fingerprint density at radius 2 is 2.07 bits per heavy atom. The molecule has 4 rings (SSSR count). The fourth-order valence-electron chi connectivity index (χ4n) is 5.15. The van der Waals surface area contributed by atoms with E-state index in [0.29, 0.717) is 19.0 Å². The van der Waals surface area contributed by atoms with Gasteiger partial charge in [0.1, 0.15) is 0 Å². The number of carbonyl (C=O) groups is 1. The molecule has 27 heavy (non-hydrogen) atoms. The molecule has 1 saturated heterocycles. The smallest absolute Gasteiger partial charge is 0.269 e. The van der Waals surface area contributed by atoms with Gasteiger partial charge in [0.15, 0.2) is 0 Å². The molecule has 1 aromatic carbocycles. The van der Waals surface area contributed by atoms with Gasteiger partial charge < -0.3 is 10.2 Å². The number of anilines is 1. The second-order valence-electron chi connectivity index (χ2n) is 7.97. The Kier molecular flexibility index (Phi) is 5.04. The van der Waals surface area contributed by atoms with Crippen LogP contribution in [0.2, 0.25) is 0 Å². The number of nitro benzene ring substituents is 1. The van der Waals surface area contributed by atoms with Gasteiger partial charge in [0.25, 0.3) is 5.69 Å². The summed E-state index contributed by atoms with van der Waals surface area (Å²) in [5.41, 5.74) is 2.09. The van der Waals surface area contributed by atoms with E-state index in [4.69, 9.17) is 0 Å². The van der Waals surface area contributed by atoms with Crippen molar-refractivity contribution in [2.75, 3.05) is 31.1 Å². The van der Waals surface area contributed by atoms with E-state index in [-0.39, 0.29) is 28.5 Å². The van der Waals surface area contributed by atoms with Crippen molar-refractivity contribution in [3.05, 3.63) is 33.9 Å². The topological polar surface area (TPSA) is 78.7 Å². The molecule has 1 saturated carbocycles. The number of carbonyl (C=O) groups excluding carboxylic acids is 1. The molecule has 3 aliphatic rings. The van der Waals surface area contributed by atoms with Crippen molar-refractivity contribution in [2.45, 2.75) is 51.1 Å². The number of fused-ring (bicyclic) bond motifs is 3. The van der Waals surface area contributed by atoms with Crippen LogP contribution in [0.1, 0.15) is 38.2 Å². The Labute approximate surface area is 159 Å². The standard InChI is InChI=1S/C20H28N4O3/c1-2-21-20(25)17-12-14-11-16(24(26)27)7-8-18(14)23-10-9-22(13-19(17)23)15-5-3-4-6-15/h7-8,11,15,17,19H,2-6,9-10,12-13H2,1H3,(H,21,25)/t17-,19-/m1/s1. The molecule has 0 bridgehead atoms. The Morgan fingerprint density at radius 3 is 2.78 bits per heavy atom. The molecule has 1 amide bonds. The van der Waals surface area contributed by atoms with Crippen LogP contribution in [0.15, 0.2) is 18.2 Å². The van der Waals surface area contributed by atoms with E-state index >= 15 is 0 Å². The molecule has 2 fully saturated rings. The molecule has 146 valence electrons. The number of benzene rings is 1. The van der Waals surface area contributed by atoms with Crippen molar-refractivity contribution in [1.29, 1.82) is 0 Å². The van der Waals surface area contributed by atoms with Crippen molar-refractivity contribution in [3.8, 4) is 0 Å². The zero-order chi connectivity index (χ0) is 19.0. The molecule has 1 aromatic rings. The monoisotopic (exact) mass is 372 g/mol. The summed E-state index contributed by atoms with van der Waals surface area (Å²) >= 11 is 0. The zero-order valence-corrected chi connectivity index (χ0v) is 15.9. The molecule has 7 heteroatoms. The Balaban J connectivity index is 1.64. The first-order valence-corrected chi connectivity index (χ1v) is 10.1. The van der Waals surface area contributed by atoms with Crippen LogP contribution in [0.3, 0.4) is 0 Å². The molecular formula is C20H28N4O3. The second kappa shape index (κ2) is 7.46. The van der Waals surface area contributed by atoms with E-state index in [1.54, 1.807) is 12.1 Å². The predicted molar refractivity (Wildman–Crippen MR) is 104 cm³/mol. The van der Waals surface area contributed by atoms with Gasteiger partial charge >= 0.3 is 0 Å². The highest BCUT2D eigenvalue weighted by atomic mass is 16.6. The molecule has 0 spiro atoms. The van der Waals surface area contributed by atoms with Crippen molar-refractivity contribution >= 4 is 17.3 Å². The maximum Gasteiger partial charge on any atom is 0.269 e. The van der Waals surface area contributed by atoms with E-state index in [1.807, 2.05) is 13.0 Å². The Hall–Kier alpha value is -2.15. The first-order valence-electron chi connectivity index (χ1n) is 10.1. The molecule has 0 aromatic heterocycles. The minimum absolute atomic E-state index is 0.0675. The Morgan fingerprint density at radius 1 is 1.30 bits per heavy atom. The fourth-order valence-corrected chi connectivity index (χ4v) is 5.15. The maximum absolute atomic E-state index is 12.8. The van der Waals surface area contributed by atoms with Gasteiger partial charge in [0.05, 0.1) is 16.9 Å². The van der Waals surface area contributed by atoms with Crippen LogP contribution in [0, 0.1) is 16.0 Å². The van der Waals surface area contributed by atoms with Gasteiger partial charge in [-0.05, 0) is 37.8 Å². The Bertz CT molecular complexity index is 732. The lowest BCUT2D eigenvalue weighted by Crippen LogP contribution is -2.62. The first-order chi connectivity index (χ1) is 13.1. The van der Waals surface area contributed by atoms with E-state index in [1.165, 1.54) is 25.7 Å². The minimum Gasteiger partial charge on any atom is -0.365 e. The second-order valence-corrected chi connectivity index (χ2v) is 7.97. The largest absolute Gasteiger partial charge is 0.365 e. The molecule has 2 atom stereocenters. The number of nitrogens with zero attached hydrogens (tertiary/aromatic N) is 3. The lowest BCUT2D eigenvalue weighted by Gasteiger charge is -2.50. The third kappa shape index (κ3) is 3.40. The zero-order valence-electron chi connectivity index (χ0n) is 15.9. The highest BCUT2D eigenvalue weighted by molar-refractivity contribution is 5.82. The molecule has 0 unspecified atom stereocenters. The van der Waals surface area contributed by atoms with Crippen LogP contribution in [0.5, 0.6) is 0 Å². The molecule has 7 nitrogen and oxygen atoms in total. The summed E-state index contributed by atoms with van der Waals surface area (Å²) in [6, 6.07) is 5.91. The third-order valence-corrected chi connectivity index (χ3v) is 6.47. The number of hydrogen-bond acceptors (Lipinski definition) is 5. The average molecular weight is 372 g/mol. The fraction of sp³-hybridized carbons (Fsp3) is 0.650. The average Bonchev–Trinajstić information content (AvgIpc) is 3.21. The number of non-ortho nitro benzene ring substituents is 1. The van der Waals surface area contributed by atoms with Crippen molar-refractivity contribution in [1.82, 2.24) is 10.2 Å². The quantitative estimate of drug-likeness (QED) is 0.648. The number of piperazine rings is 1. The lowest BCUT2D eigenvalue weighted by atomic mass is 9.83. The number of nitro groups is 1. The molecule has 1 N–H and O–H groups in total. The summed E-state index contributed by atoms with van der Waals surface area (Å²) in [5, 5.41) is 14.2. The summed E-state index contributed by atoms with van der Waals surface area (Å²) < 4.78 is 0. The van der Waals surface area contributed by atoms with Crippen molar-refractivity contribution in [3.63, 3.8) is 0 Å². The third-order valence-electron chi connectivity index (χ3n) is 6.47. The van der Waals surface area contributed by atoms with Gasteiger partial charge in [-0.2, -0.15) is 0 Å². The molecule has 1 aliphatic carbocycles. The number of nitrogens with one attached hydrogen (secondary N) is 1. The minimum atomic E-state index is -0.356. The predicted octanol–water partition coefficient (Wildman–Crippen LogP) is 2.34. The molecule has 0 radical (unpaired) electrons. The van der Waals surface area contributed by atoms with Crippen LogP contribution in [-0.4, -0.2) is 54.0 Å². The van der Waals surface area contributed by atoms with E-state index in [2.05, 4.69) is 15.1 Å². The summed E-state index contributed by atoms with van der Waals surface area (Å²) in [7, 11) is 0. The van der Waals surface area contributed by atoms with Gasteiger partial charge in [-0.1, -0.05) is 12.8 Å². The van der Waals surface area contributed by atoms with Crippen LogP contribution < -0.4 is 10.2 Å². The van der Waals surface area contributed by atoms with Crippen LogP contribution in [0.25, 0.3) is 0 Å². The van der Waals surface area contributed by atoms with Gasteiger partial charge in [-0.3, -0.25) is 19.8 Å². The number of amides is 1. The van der Waals surface area contributed by atoms with Crippen molar-refractivity contribution in [2.24, 2.45) is 5.92 Å². The summed E-state index contributed by atoms with van der Waals surface area (Å²) in [4.78, 5) is 28.6. The number of hydrogen-bond donors (Lipinski definition) is 1. The molecule has 2 aliphatic heterocycles. The van der Waals surface area contributed by atoms with Gasteiger partial charge in [0.2, 0.25) is 5.91 Å². The highest BCUT2D eigenvalue weighted by Crippen LogP contribution is 2.39. The SMILES string of the molecule is CCNC(=O)[C@@H]1Cc2cc([N+](=O)[O-])ccc2N2CCN(C3CCCC3)C[C@H]12. The highest BCUT2D eigenvalue weighted by Gasteiger charge is 2.43. The molecule has 2 heterocycles. The van der Waals surface area contributed by atoms with Crippen LogP contribution in [0.4, 0.5) is 11.4 Å². The van der Waals surface area contributed by atoms with E-state index < -0.39 is 0 Å².